The van der Waals surface area contributed by atoms with Crippen LogP contribution in [0, 0.1) is 5.92 Å². The van der Waals surface area contributed by atoms with Crippen molar-refractivity contribution >= 4 is 0 Å². The Balaban J connectivity index is 1.93. The minimum absolute atomic E-state index is 0.615. The fourth-order valence-electron chi connectivity index (χ4n) is 4.96. The predicted molar refractivity (Wildman–Crippen MR) is 66.7 cm³/mol. The van der Waals surface area contributed by atoms with Gasteiger partial charge in [-0.25, -0.2) is 0 Å². The molecule has 1 aromatic carbocycles. The van der Waals surface area contributed by atoms with Gasteiger partial charge in [0, 0.05) is 0 Å². The first-order chi connectivity index (χ1) is 7.90. The van der Waals surface area contributed by atoms with E-state index < -0.39 is 0 Å². The minimum Gasteiger partial charge on any atom is -0.0620 e. The molecule has 0 N–H and O–H groups in total. The van der Waals surface area contributed by atoms with Crippen LogP contribution in [0.4, 0.5) is 0 Å². The fraction of sp³-hybridized carbons (Fsp3) is 0.625. The van der Waals surface area contributed by atoms with Crippen molar-refractivity contribution in [3.63, 3.8) is 0 Å². The molecule has 0 aromatic heterocycles. The standard InChI is InChI=1S/C16H20/c1-2-7-15-14(6-1)12-8-10-16(15)9-4-3-5-13(16)11-12/h1-2,6-7,12-13H,3-5,8-11H2/t12?,13-,16?/m1/s1. The van der Waals surface area contributed by atoms with Gasteiger partial charge in [-0.2, -0.15) is 0 Å². The zero-order valence-electron chi connectivity index (χ0n) is 9.91. The average molecular weight is 212 g/mol. The predicted octanol–water partition coefficient (Wildman–Crippen LogP) is 4.40. The van der Waals surface area contributed by atoms with Gasteiger partial charge in [0.2, 0.25) is 0 Å². The molecule has 4 aliphatic rings. The zero-order valence-corrected chi connectivity index (χ0v) is 9.91. The SMILES string of the molecule is c1ccc2c(c1)C1CCC23CCCC[C@@H]3C1. The Morgan fingerprint density at radius 1 is 1.00 bits per heavy atom. The van der Waals surface area contributed by atoms with Crippen LogP contribution < -0.4 is 0 Å². The van der Waals surface area contributed by atoms with Crippen LogP contribution in [-0.4, -0.2) is 0 Å². The summed E-state index contributed by atoms with van der Waals surface area (Å²) in [6, 6.07) is 9.36. The van der Waals surface area contributed by atoms with E-state index in [9.17, 15) is 0 Å². The normalized spacial score (nSPS) is 40.2. The summed E-state index contributed by atoms with van der Waals surface area (Å²) in [5.74, 6) is 1.93. The van der Waals surface area contributed by atoms with E-state index in [2.05, 4.69) is 24.3 Å². The molecule has 4 aliphatic carbocycles. The molecule has 2 bridgehead atoms. The smallest absolute Gasteiger partial charge is 0.00155 e. The Hall–Kier alpha value is -0.780. The van der Waals surface area contributed by atoms with E-state index >= 15 is 0 Å². The molecule has 0 saturated heterocycles. The van der Waals surface area contributed by atoms with Crippen molar-refractivity contribution in [2.75, 3.05) is 0 Å². The topological polar surface area (TPSA) is 0 Å². The van der Waals surface area contributed by atoms with Crippen LogP contribution in [0.25, 0.3) is 0 Å². The molecule has 2 fully saturated rings. The lowest BCUT2D eigenvalue weighted by atomic mass is 9.49. The second-order valence-corrected chi connectivity index (χ2v) is 6.16. The highest BCUT2D eigenvalue weighted by Gasteiger charge is 2.51. The van der Waals surface area contributed by atoms with Gasteiger partial charge in [-0.1, -0.05) is 37.1 Å². The van der Waals surface area contributed by atoms with E-state index in [0.29, 0.717) is 5.41 Å². The van der Waals surface area contributed by atoms with Crippen molar-refractivity contribution in [3.05, 3.63) is 35.4 Å². The summed E-state index contributed by atoms with van der Waals surface area (Å²) >= 11 is 0. The Bertz CT molecular complexity index is 420. The number of hydrogen-bond donors (Lipinski definition) is 0. The van der Waals surface area contributed by atoms with Gasteiger partial charge in [-0.05, 0) is 60.5 Å². The number of benzene rings is 1. The number of fused-ring (bicyclic) bond motifs is 1. The first-order valence-corrected chi connectivity index (χ1v) is 6.99. The largest absolute Gasteiger partial charge is 0.0620 e. The summed E-state index contributed by atoms with van der Waals surface area (Å²) in [6.07, 6.45) is 10.4. The van der Waals surface area contributed by atoms with Crippen LogP contribution >= 0.6 is 0 Å². The number of rotatable bonds is 0. The van der Waals surface area contributed by atoms with E-state index in [1.165, 1.54) is 44.9 Å². The van der Waals surface area contributed by atoms with Crippen LogP contribution in [0.3, 0.4) is 0 Å². The van der Waals surface area contributed by atoms with E-state index in [-0.39, 0.29) is 0 Å². The third-order valence-corrected chi connectivity index (χ3v) is 5.65. The van der Waals surface area contributed by atoms with Gasteiger partial charge in [0.15, 0.2) is 0 Å². The second-order valence-electron chi connectivity index (χ2n) is 6.16. The average Bonchev–Trinajstić information content (AvgIpc) is 2.39. The Kier molecular flexibility index (Phi) is 1.81. The van der Waals surface area contributed by atoms with Crippen LogP contribution in [0.15, 0.2) is 24.3 Å². The molecule has 0 aliphatic heterocycles. The van der Waals surface area contributed by atoms with Gasteiger partial charge in [0.25, 0.3) is 0 Å². The van der Waals surface area contributed by atoms with Gasteiger partial charge in [0.05, 0.1) is 0 Å². The quantitative estimate of drug-likeness (QED) is 0.598. The summed E-state index contributed by atoms with van der Waals surface area (Å²) < 4.78 is 0. The van der Waals surface area contributed by atoms with Crippen LogP contribution in [0.2, 0.25) is 0 Å². The number of hydrogen-bond acceptors (Lipinski definition) is 0. The maximum atomic E-state index is 2.44. The first kappa shape index (κ1) is 9.27. The maximum absolute atomic E-state index is 2.44. The Morgan fingerprint density at radius 3 is 2.94 bits per heavy atom. The molecule has 0 nitrogen and oxygen atoms in total. The second kappa shape index (κ2) is 3.12. The molecule has 2 saturated carbocycles. The molecule has 0 heterocycles. The molecule has 1 aromatic rings. The highest BCUT2D eigenvalue weighted by atomic mass is 14.5. The van der Waals surface area contributed by atoms with Crippen LogP contribution in [0.1, 0.15) is 62.0 Å². The molecule has 5 rings (SSSR count). The molecule has 0 heteroatoms. The molecule has 1 spiro atoms. The lowest BCUT2D eigenvalue weighted by Gasteiger charge is -2.56. The van der Waals surface area contributed by atoms with Crippen molar-refractivity contribution in [1.82, 2.24) is 0 Å². The van der Waals surface area contributed by atoms with E-state index in [4.69, 9.17) is 0 Å². The summed E-state index contributed by atoms with van der Waals surface area (Å²) in [7, 11) is 0. The first-order valence-electron chi connectivity index (χ1n) is 6.99. The summed E-state index contributed by atoms with van der Waals surface area (Å²) in [4.78, 5) is 0. The third kappa shape index (κ3) is 1.01. The monoisotopic (exact) mass is 212 g/mol. The Morgan fingerprint density at radius 2 is 1.94 bits per heavy atom. The zero-order chi connectivity index (χ0) is 10.6. The van der Waals surface area contributed by atoms with Gasteiger partial charge in [0.1, 0.15) is 0 Å². The lowest BCUT2D eigenvalue weighted by molar-refractivity contribution is 0.0903. The van der Waals surface area contributed by atoms with Crippen molar-refractivity contribution in [1.29, 1.82) is 0 Å². The molecule has 0 amide bonds. The van der Waals surface area contributed by atoms with Gasteiger partial charge >= 0.3 is 0 Å². The van der Waals surface area contributed by atoms with Crippen LogP contribution in [-0.2, 0) is 5.41 Å². The molecular weight excluding hydrogens is 192 g/mol. The van der Waals surface area contributed by atoms with Crippen LogP contribution in [0.5, 0.6) is 0 Å². The lowest BCUT2D eigenvalue weighted by Crippen LogP contribution is -2.47. The summed E-state index contributed by atoms with van der Waals surface area (Å²) in [5.41, 5.74) is 4.08. The molecule has 0 radical (unpaired) electrons. The van der Waals surface area contributed by atoms with E-state index in [0.717, 1.165) is 11.8 Å². The van der Waals surface area contributed by atoms with Gasteiger partial charge < -0.3 is 0 Å². The minimum atomic E-state index is 0.615. The molecule has 16 heavy (non-hydrogen) atoms. The van der Waals surface area contributed by atoms with Crippen molar-refractivity contribution < 1.29 is 0 Å². The van der Waals surface area contributed by atoms with Crippen molar-refractivity contribution in [3.8, 4) is 0 Å². The van der Waals surface area contributed by atoms with Gasteiger partial charge in [-0.15, -0.1) is 0 Å². The maximum Gasteiger partial charge on any atom is -0.00155 e. The van der Waals surface area contributed by atoms with E-state index in [1.54, 1.807) is 11.1 Å². The summed E-state index contributed by atoms with van der Waals surface area (Å²) in [6.45, 7) is 0. The Labute approximate surface area is 98.1 Å². The highest BCUT2D eigenvalue weighted by Crippen LogP contribution is 2.61. The molecular formula is C16H20. The molecule has 3 atom stereocenters. The highest BCUT2D eigenvalue weighted by molar-refractivity contribution is 5.43. The fourth-order valence-corrected chi connectivity index (χ4v) is 4.96. The van der Waals surface area contributed by atoms with E-state index in [1.807, 2.05) is 0 Å². The third-order valence-electron chi connectivity index (χ3n) is 5.65. The van der Waals surface area contributed by atoms with Gasteiger partial charge in [-0.3, -0.25) is 0 Å². The summed E-state index contributed by atoms with van der Waals surface area (Å²) in [5, 5.41) is 0. The molecule has 84 valence electrons. The van der Waals surface area contributed by atoms with Crippen molar-refractivity contribution in [2.24, 2.45) is 5.92 Å². The molecule has 2 unspecified atom stereocenters. The van der Waals surface area contributed by atoms with Crippen molar-refractivity contribution in [2.45, 2.75) is 56.3 Å².